The van der Waals surface area contributed by atoms with Crippen LogP contribution in [0, 0.1) is 0 Å². The molecule has 1 aliphatic heterocycles. The minimum atomic E-state index is -0.377. The highest BCUT2D eigenvalue weighted by Crippen LogP contribution is 1.97. The number of ether oxygens (including phenoxy) is 1. The monoisotopic (exact) mass is 293 g/mol. The first-order valence-corrected chi connectivity index (χ1v) is 5.36. The lowest BCUT2D eigenvalue weighted by Gasteiger charge is -2.22. The van der Waals surface area contributed by atoms with Gasteiger partial charge in [0, 0.05) is 19.3 Å². The first-order valence-electron chi connectivity index (χ1n) is 5.36. The van der Waals surface area contributed by atoms with Crippen LogP contribution in [0.5, 0.6) is 0 Å². The predicted octanol–water partition coefficient (Wildman–Crippen LogP) is 0.530. The topological polar surface area (TPSA) is 63.2 Å². The first-order chi connectivity index (χ1) is 7.86. The number of carbonyl (C=O) groups excluding carboxylic acids is 1. The van der Waals surface area contributed by atoms with Crippen LogP contribution in [0.4, 0.5) is 0 Å². The zero-order valence-corrected chi connectivity index (χ0v) is 11.4. The van der Waals surface area contributed by atoms with E-state index in [0.29, 0.717) is 19.7 Å². The number of carbonyl (C=O) groups is 1. The standard InChI is InChI=1S/C11H15N3O2.2ClH/c15-11(10-8-12-5-6-16-10)14-7-9-3-1-2-4-13-9;;/h1-4,10,12H,5-8H2,(H,14,15);2*1H. The van der Waals surface area contributed by atoms with Crippen LogP contribution in [0.2, 0.25) is 0 Å². The Labute approximate surface area is 119 Å². The van der Waals surface area contributed by atoms with Gasteiger partial charge in [0.15, 0.2) is 0 Å². The molecule has 7 heteroatoms. The Kier molecular flexibility index (Phi) is 8.66. The number of pyridine rings is 1. The molecule has 2 N–H and O–H groups in total. The number of halogens is 2. The molecule has 102 valence electrons. The van der Waals surface area contributed by atoms with E-state index in [-0.39, 0.29) is 36.8 Å². The highest BCUT2D eigenvalue weighted by molar-refractivity contribution is 5.85. The van der Waals surface area contributed by atoms with Crippen LogP contribution in [-0.2, 0) is 16.1 Å². The van der Waals surface area contributed by atoms with Crippen molar-refractivity contribution in [2.75, 3.05) is 19.7 Å². The third-order valence-corrected chi connectivity index (χ3v) is 2.39. The molecule has 1 aromatic heterocycles. The van der Waals surface area contributed by atoms with Crippen LogP contribution in [0.15, 0.2) is 24.4 Å². The number of hydrogen-bond acceptors (Lipinski definition) is 4. The summed E-state index contributed by atoms with van der Waals surface area (Å²) in [5.41, 5.74) is 0.847. The van der Waals surface area contributed by atoms with E-state index in [1.165, 1.54) is 0 Å². The van der Waals surface area contributed by atoms with Crippen molar-refractivity contribution >= 4 is 30.7 Å². The van der Waals surface area contributed by atoms with Crippen LogP contribution >= 0.6 is 24.8 Å². The lowest BCUT2D eigenvalue weighted by atomic mass is 10.3. The summed E-state index contributed by atoms with van der Waals surface area (Å²) in [6.07, 6.45) is 1.33. The van der Waals surface area contributed by atoms with Gasteiger partial charge in [0.05, 0.1) is 18.8 Å². The fourth-order valence-electron chi connectivity index (χ4n) is 1.53. The molecule has 1 aliphatic rings. The third-order valence-electron chi connectivity index (χ3n) is 2.39. The molecule has 0 radical (unpaired) electrons. The van der Waals surface area contributed by atoms with Crippen LogP contribution < -0.4 is 10.6 Å². The van der Waals surface area contributed by atoms with Gasteiger partial charge in [0.25, 0.3) is 5.91 Å². The number of rotatable bonds is 3. The molecular weight excluding hydrogens is 277 g/mol. The van der Waals surface area contributed by atoms with Crippen molar-refractivity contribution < 1.29 is 9.53 Å². The Morgan fingerprint density at radius 2 is 2.33 bits per heavy atom. The van der Waals surface area contributed by atoms with E-state index < -0.39 is 0 Å². The van der Waals surface area contributed by atoms with Crippen molar-refractivity contribution in [3.63, 3.8) is 0 Å². The molecule has 1 amide bonds. The number of nitrogens with one attached hydrogen (secondary N) is 2. The second-order valence-electron chi connectivity index (χ2n) is 3.60. The van der Waals surface area contributed by atoms with E-state index in [1.54, 1.807) is 6.20 Å². The molecule has 1 saturated heterocycles. The van der Waals surface area contributed by atoms with Crippen molar-refractivity contribution in [1.29, 1.82) is 0 Å². The molecule has 2 rings (SSSR count). The minimum absolute atomic E-state index is 0. The van der Waals surface area contributed by atoms with Crippen LogP contribution in [0.25, 0.3) is 0 Å². The number of aromatic nitrogens is 1. The van der Waals surface area contributed by atoms with Crippen molar-refractivity contribution in [1.82, 2.24) is 15.6 Å². The second kappa shape index (κ2) is 9.10. The fourth-order valence-corrected chi connectivity index (χ4v) is 1.53. The molecule has 0 bridgehead atoms. The maximum atomic E-state index is 11.7. The first kappa shape index (κ1) is 17.1. The highest BCUT2D eigenvalue weighted by Gasteiger charge is 2.21. The predicted molar refractivity (Wildman–Crippen MR) is 73.2 cm³/mol. The Balaban J connectivity index is 0.00000144. The van der Waals surface area contributed by atoms with E-state index in [1.807, 2.05) is 18.2 Å². The fraction of sp³-hybridized carbons (Fsp3) is 0.455. The smallest absolute Gasteiger partial charge is 0.250 e. The largest absolute Gasteiger partial charge is 0.366 e. The van der Waals surface area contributed by atoms with Gasteiger partial charge >= 0.3 is 0 Å². The zero-order chi connectivity index (χ0) is 11.2. The van der Waals surface area contributed by atoms with Gasteiger partial charge in [-0.3, -0.25) is 9.78 Å². The number of morpholine rings is 1. The van der Waals surface area contributed by atoms with Crippen LogP contribution in [0.1, 0.15) is 5.69 Å². The van der Waals surface area contributed by atoms with E-state index in [2.05, 4.69) is 15.6 Å². The van der Waals surface area contributed by atoms with Gasteiger partial charge in [-0.25, -0.2) is 0 Å². The summed E-state index contributed by atoms with van der Waals surface area (Å²) >= 11 is 0. The van der Waals surface area contributed by atoms with Gasteiger partial charge in [-0.05, 0) is 12.1 Å². The molecule has 0 aromatic carbocycles. The Morgan fingerprint density at radius 1 is 1.50 bits per heavy atom. The maximum Gasteiger partial charge on any atom is 0.250 e. The highest BCUT2D eigenvalue weighted by atomic mass is 35.5. The summed E-state index contributed by atoms with van der Waals surface area (Å²) in [5.74, 6) is -0.0853. The summed E-state index contributed by atoms with van der Waals surface area (Å²) in [6.45, 7) is 2.42. The van der Waals surface area contributed by atoms with Crippen molar-refractivity contribution in [3.8, 4) is 0 Å². The molecule has 1 atom stereocenters. The quantitative estimate of drug-likeness (QED) is 0.853. The average Bonchev–Trinajstić information content (AvgIpc) is 2.38. The minimum Gasteiger partial charge on any atom is -0.366 e. The maximum absolute atomic E-state index is 11.7. The van der Waals surface area contributed by atoms with Gasteiger partial charge in [-0.15, -0.1) is 24.8 Å². The van der Waals surface area contributed by atoms with E-state index in [0.717, 1.165) is 12.2 Å². The molecule has 1 fully saturated rings. The summed E-state index contributed by atoms with van der Waals surface area (Å²) in [4.78, 5) is 15.8. The van der Waals surface area contributed by atoms with Gasteiger partial charge < -0.3 is 15.4 Å². The molecule has 0 spiro atoms. The summed E-state index contributed by atoms with van der Waals surface area (Å²) in [5, 5.41) is 5.91. The molecule has 1 aromatic rings. The van der Waals surface area contributed by atoms with E-state index in [9.17, 15) is 4.79 Å². The third kappa shape index (κ3) is 5.18. The Bertz CT molecular complexity index is 345. The average molecular weight is 294 g/mol. The zero-order valence-electron chi connectivity index (χ0n) is 9.80. The number of nitrogens with zero attached hydrogens (tertiary/aromatic N) is 1. The lowest BCUT2D eigenvalue weighted by molar-refractivity contribution is -0.134. The number of amides is 1. The van der Waals surface area contributed by atoms with Gasteiger partial charge in [-0.2, -0.15) is 0 Å². The molecule has 18 heavy (non-hydrogen) atoms. The molecule has 5 nitrogen and oxygen atoms in total. The molecular formula is C11H17Cl2N3O2. The van der Waals surface area contributed by atoms with E-state index in [4.69, 9.17) is 4.74 Å². The SMILES string of the molecule is Cl.Cl.O=C(NCc1ccccn1)C1CNCCO1. The summed E-state index contributed by atoms with van der Waals surface area (Å²) < 4.78 is 5.33. The summed E-state index contributed by atoms with van der Waals surface area (Å²) in [6, 6.07) is 5.62. The molecule has 0 saturated carbocycles. The molecule has 2 heterocycles. The Morgan fingerprint density at radius 3 is 2.94 bits per heavy atom. The van der Waals surface area contributed by atoms with E-state index >= 15 is 0 Å². The van der Waals surface area contributed by atoms with Crippen molar-refractivity contribution in [2.24, 2.45) is 0 Å². The van der Waals surface area contributed by atoms with Crippen LogP contribution in [0.3, 0.4) is 0 Å². The van der Waals surface area contributed by atoms with Crippen molar-refractivity contribution in [2.45, 2.75) is 12.6 Å². The molecule has 1 unspecified atom stereocenters. The second-order valence-corrected chi connectivity index (χ2v) is 3.60. The number of hydrogen-bond donors (Lipinski definition) is 2. The van der Waals surface area contributed by atoms with Gasteiger partial charge in [0.1, 0.15) is 6.10 Å². The Hall–Kier alpha value is -0.880. The van der Waals surface area contributed by atoms with Gasteiger partial charge in [0.2, 0.25) is 0 Å². The van der Waals surface area contributed by atoms with Crippen LogP contribution in [-0.4, -0.2) is 36.7 Å². The summed E-state index contributed by atoms with van der Waals surface area (Å²) in [7, 11) is 0. The normalized spacial score (nSPS) is 18.1. The molecule has 0 aliphatic carbocycles. The van der Waals surface area contributed by atoms with Gasteiger partial charge in [-0.1, -0.05) is 6.07 Å². The lowest BCUT2D eigenvalue weighted by Crippen LogP contribution is -2.47. The van der Waals surface area contributed by atoms with Crippen molar-refractivity contribution in [3.05, 3.63) is 30.1 Å².